The number of nitrogens with one attached hydrogen (secondary N) is 1. The van der Waals surface area contributed by atoms with Crippen LogP contribution in [-0.2, 0) is 16.0 Å². The van der Waals surface area contributed by atoms with Gasteiger partial charge < -0.3 is 15.2 Å². The molecule has 6 nitrogen and oxygen atoms in total. The van der Waals surface area contributed by atoms with Crippen LogP contribution in [0.4, 0.5) is 0 Å². The molecule has 3 aliphatic rings. The van der Waals surface area contributed by atoms with Crippen LogP contribution in [0.5, 0.6) is 0 Å². The van der Waals surface area contributed by atoms with Crippen molar-refractivity contribution in [2.45, 2.75) is 37.8 Å². The van der Waals surface area contributed by atoms with E-state index in [1.54, 1.807) is 12.1 Å². The summed E-state index contributed by atoms with van der Waals surface area (Å²) in [5.74, 6) is -0.629. The molecule has 5 rings (SSSR count). The normalized spacial score (nSPS) is 23.3. The van der Waals surface area contributed by atoms with E-state index in [2.05, 4.69) is 10.2 Å². The van der Waals surface area contributed by atoms with Gasteiger partial charge in [-0.1, -0.05) is 42.5 Å². The Hall–Kier alpha value is -2.70. The zero-order valence-corrected chi connectivity index (χ0v) is 17.7. The van der Waals surface area contributed by atoms with E-state index in [0.717, 1.165) is 56.4 Å². The highest BCUT2D eigenvalue weighted by molar-refractivity contribution is 5.87. The molecule has 2 atom stereocenters. The molecule has 2 N–H and O–H groups in total. The lowest BCUT2D eigenvalue weighted by atomic mass is 9.86. The van der Waals surface area contributed by atoms with Gasteiger partial charge in [0, 0.05) is 6.54 Å². The minimum atomic E-state index is -0.916. The molecule has 3 aliphatic heterocycles. The van der Waals surface area contributed by atoms with Crippen LogP contribution in [0.3, 0.4) is 0 Å². The number of ether oxygens (including phenoxy) is 1. The summed E-state index contributed by atoms with van der Waals surface area (Å²) in [7, 11) is 0. The number of nitrogens with zero attached hydrogens (tertiary/aromatic N) is 1. The number of hydrogen-bond acceptors (Lipinski definition) is 5. The van der Waals surface area contributed by atoms with Crippen LogP contribution in [0, 0.1) is 5.92 Å². The topological polar surface area (TPSA) is 78.9 Å². The smallest absolute Gasteiger partial charge is 0.335 e. The largest absolute Gasteiger partial charge is 0.478 e. The van der Waals surface area contributed by atoms with Crippen LogP contribution >= 0.6 is 0 Å². The average Bonchev–Trinajstić information content (AvgIpc) is 2.80. The molecule has 2 aromatic carbocycles. The molecular formula is C25H30N2O4. The number of aryl methyl sites for hydroxylation is 1. The van der Waals surface area contributed by atoms with E-state index >= 15 is 0 Å². The van der Waals surface area contributed by atoms with Crippen LogP contribution in [0.25, 0.3) is 0 Å². The number of carbonyl (C=O) groups is 2. The number of benzene rings is 2. The van der Waals surface area contributed by atoms with E-state index < -0.39 is 12.0 Å². The Morgan fingerprint density at radius 1 is 1.06 bits per heavy atom. The first kappa shape index (κ1) is 21.5. The maximum Gasteiger partial charge on any atom is 0.335 e. The van der Waals surface area contributed by atoms with Crippen molar-refractivity contribution in [3.63, 3.8) is 0 Å². The fraction of sp³-hybridized carbons (Fsp3) is 0.440. The number of aromatic carboxylic acids is 1. The van der Waals surface area contributed by atoms with Crippen LogP contribution in [0.1, 0.15) is 46.8 Å². The number of piperidine rings is 3. The third-order valence-electron chi connectivity index (χ3n) is 6.42. The quantitative estimate of drug-likeness (QED) is 0.477. The van der Waals surface area contributed by atoms with Gasteiger partial charge in [-0.2, -0.15) is 0 Å². The molecule has 1 unspecified atom stereocenters. The summed E-state index contributed by atoms with van der Waals surface area (Å²) in [6.45, 7) is 3.75. The maximum atomic E-state index is 13.1. The molecule has 0 aromatic heterocycles. The van der Waals surface area contributed by atoms with E-state index in [1.807, 2.05) is 42.5 Å². The fourth-order valence-corrected chi connectivity index (χ4v) is 4.60. The maximum absolute atomic E-state index is 13.1. The third-order valence-corrected chi connectivity index (χ3v) is 6.42. The first-order valence-corrected chi connectivity index (χ1v) is 11.1. The number of fused-ring (bicyclic) bond motifs is 3. The summed E-state index contributed by atoms with van der Waals surface area (Å²) >= 11 is 0. The van der Waals surface area contributed by atoms with Gasteiger partial charge >= 0.3 is 11.9 Å². The van der Waals surface area contributed by atoms with E-state index in [-0.39, 0.29) is 12.1 Å². The molecule has 3 saturated heterocycles. The Balaban J connectivity index is 1.33. The average molecular weight is 423 g/mol. The highest BCUT2D eigenvalue weighted by atomic mass is 16.5. The molecule has 0 saturated carbocycles. The van der Waals surface area contributed by atoms with Gasteiger partial charge in [0.2, 0.25) is 0 Å². The highest BCUT2D eigenvalue weighted by Crippen LogP contribution is 2.30. The zero-order valence-electron chi connectivity index (χ0n) is 17.7. The lowest BCUT2D eigenvalue weighted by Gasteiger charge is -2.44. The van der Waals surface area contributed by atoms with Gasteiger partial charge in [0.15, 0.2) is 0 Å². The van der Waals surface area contributed by atoms with Crippen molar-refractivity contribution in [1.29, 1.82) is 0 Å². The number of carbonyl (C=O) groups excluding carboxylic acids is 1. The summed E-state index contributed by atoms with van der Waals surface area (Å²) in [4.78, 5) is 26.5. The molecule has 31 heavy (non-hydrogen) atoms. The van der Waals surface area contributed by atoms with Gasteiger partial charge in [0.25, 0.3) is 0 Å². The van der Waals surface area contributed by atoms with Crippen molar-refractivity contribution in [3.8, 4) is 0 Å². The Morgan fingerprint density at radius 3 is 2.39 bits per heavy atom. The molecule has 6 heteroatoms. The molecule has 2 bridgehead atoms. The van der Waals surface area contributed by atoms with Crippen molar-refractivity contribution in [2.24, 2.45) is 5.92 Å². The second-order valence-corrected chi connectivity index (χ2v) is 8.52. The lowest BCUT2D eigenvalue weighted by molar-refractivity contribution is -0.161. The molecule has 0 spiro atoms. The summed E-state index contributed by atoms with van der Waals surface area (Å²) < 4.78 is 5.99. The second-order valence-electron chi connectivity index (χ2n) is 8.52. The number of rotatable bonds is 9. The lowest BCUT2D eigenvalue weighted by Crippen LogP contribution is -2.52. The third kappa shape index (κ3) is 5.51. The van der Waals surface area contributed by atoms with Gasteiger partial charge in [-0.25, -0.2) is 9.59 Å². The SMILES string of the molecule is O=C(O)c1ccc(CCCNC(C(=O)O[C@H]2CN3CCC2CC3)c2ccccc2)cc1. The molecule has 3 fully saturated rings. The Bertz CT molecular complexity index is 876. The summed E-state index contributed by atoms with van der Waals surface area (Å²) in [5.41, 5.74) is 2.29. The van der Waals surface area contributed by atoms with Gasteiger partial charge in [-0.15, -0.1) is 0 Å². The number of esters is 1. The first-order valence-electron chi connectivity index (χ1n) is 11.1. The fourth-order valence-electron chi connectivity index (χ4n) is 4.60. The molecule has 0 amide bonds. The van der Waals surface area contributed by atoms with Crippen LogP contribution in [-0.4, -0.2) is 54.2 Å². The second kappa shape index (κ2) is 10.1. The Kier molecular flexibility index (Phi) is 6.99. The van der Waals surface area contributed by atoms with E-state index in [4.69, 9.17) is 9.84 Å². The molecule has 2 aromatic rings. The van der Waals surface area contributed by atoms with Crippen molar-refractivity contribution in [2.75, 3.05) is 26.2 Å². The molecule has 0 radical (unpaired) electrons. The summed E-state index contributed by atoms with van der Waals surface area (Å²) in [6.07, 6.45) is 3.87. The van der Waals surface area contributed by atoms with Crippen molar-refractivity contribution in [1.82, 2.24) is 10.2 Å². The minimum Gasteiger partial charge on any atom is -0.478 e. The zero-order chi connectivity index (χ0) is 21.6. The predicted molar refractivity (Wildman–Crippen MR) is 118 cm³/mol. The molecular weight excluding hydrogens is 392 g/mol. The van der Waals surface area contributed by atoms with Gasteiger partial charge in [-0.05, 0) is 74.5 Å². The van der Waals surface area contributed by atoms with Crippen LogP contribution in [0.15, 0.2) is 54.6 Å². The van der Waals surface area contributed by atoms with E-state index in [9.17, 15) is 9.59 Å². The Morgan fingerprint density at radius 2 is 1.77 bits per heavy atom. The van der Waals surface area contributed by atoms with Gasteiger partial charge in [0.05, 0.1) is 5.56 Å². The molecule has 164 valence electrons. The monoisotopic (exact) mass is 422 g/mol. The number of carboxylic acid groups (broad SMARTS) is 1. The van der Waals surface area contributed by atoms with Crippen LogP contribution < -0.4 is 5.32 Å². The van der Waals surface area contributed by atoms with E-state index in [1.165, 1.54) is 0 Å². The van der Waals surface area contributed by atoms with Crippen molar-refractivity contribution in [3.05, 3.63) is 71.3 Å². The van der Waals surface area contributed by atoms with Crippen molar-refractivity contribution < 1.29 is 19.4 Å². The van der Waals surface area contributed by atoms with Gasteiger partial charge in [0.1, 0.15) is 12.1 Å². The summed E-state index contributed by atoms with van der Waals surface area (Å²) in [5, 5.41) is 12.4. The standard InChI is InChI=1S/C25H30N2O4/c28-24(29)21-10-8-18(9-11-21)5-4-14-26-23(20-6-2-1-3-7-20)25(30)31-22-17-27-15-12-19(22)13-16-27/h1-3,6-11,19,22-23,26H,4-5,12-17H2,(H,28,29)/t22-,23?/m0/s1. The highest BCUT2D eigenvalue weighted by Gasteiger charge is 2.37. The predicted octanol–water partition coefficient (Wildman–Crippen LogP) is 3.29. The molecule has 3 heterocycles. The van der Waals surface area contributed by atoms with Crippen LogP contribution in [0.2, 0.25) is 0 Å². The van der Waals surface area contributed by atoms with E-state index in [0.29, 0.717) is 18.0 Å². The Labute approximate surface area is 183 Å². The minimum absolute atomic E-state index is 0.00392. The van der Waals surface area contributed by atoms with Gasteiger partial charge in [-0.3, -0.25) is 4.90 Å². The summed E-state index contributed by atoms with van der Waals surface area (Å²) in [6, 6.07) is 16.2. The molecule has 0 aliphatic carbocycles. The number of hydrogen-bond donors (Lipinski definition) is 2. The number of carboxylic acids is 1. The van der Waals surface area contributed by atoms with Crippen molar-refractivity contribution >= 4 is 11.9 Å². The first-order chi connectivity index (χ1) is 15.1.